The third-order valence-electron chi connectivity index (χ3n) is 4.72. The lowest BCUT2D eigenvalue weighted by atomic mass is 10.0. The Morgan fingerprint density at radius 2 is 1.96 bits per heavy atom. The molecule has 0 atom stereocenters. The van der Waals surface area contributed by atoms with Crippen molar-refractivity contribution in [2.45, 2.75) is 32.7 Å². The van der Waals surface area contributed by atoms with E-state index in [9.17, 15) is 9.59 Å². The van der Waals surface area contributed by atoms with Gasteiger partial charge in [-0.2, -0.15) is 0 Å². The lowest BCUT2D eigenvalue weighted by molar-refractivity contribution is 0.101. The smallest absolute Gasteiger partial charge is 0.263 e. The molecule has 1 aliphatic heterocycles. The summed E-state index contributed by atoms with van der Waals surface area (Å²) in [6, 6.07) is 3.90. The van der Waals surface area contributed by atoms with Gasteiger partial charge in [-0.1, -0.05) is 0 Å². The number of anilines is 1. The van der Waals surface area contributed by atoms with Crippen LogP contribution in [0.15, 0.2) is 16.9 Å². The molecule has 1 saturated heterocycles. The zero-order chi connectivity index (χ0) is 16.8. The van der Waals surface area contributed by atoms with Gasteiger partial charge in [0.2, 0.25) is 5.95 Å². The number of Topliss-reactive ketones (excluding diaryl/α,β-unsaturated/α-hetero) is 1. The molecule has 0 bridgehead atoms. The SMILES string of the molecule is CC(=O)c1cc(C)cc2c(=O)n(C3CC3)c(N3CCOCC3)nc12. The molecule has 6 heteroatoms. The van der Waals surface area contributed by atoms with Crippen LogP contribution in [0.25, 0.3) is 10.9 Å². The van der Waals surface area contributed by atoms with Crippen molar-refractivity contribution in [3.05, 3.63) is 33.6 Å². The summed E-state index contributed by atoms with van der Waals surface area (Å²) in [5.74, 6) is 0.623. The van der Waals surface area contributed by atoms with Crippen molar-refractivity contribution in [3.8, 4) is 0 Å². The lowest BCUT2D eigenvalue weighted by Crippen LogP contribution is -2.40. The normalized spacial score (nSPS) is 18.2. The zero-order valence-corrected chi connectivity index (χ0v) is 14.0. The number of nitrogens with zero attached hydrogens (tertiary/aromatic N) is 3. The van der Waals surface area contributed by atoms with Gasteiger partial charge in [-0.15, -0.1) is 0 Å². The number of aryl methyl sites for hydroxylation is 1. The Morgan fingerprint density at radius 3 is 2.58 bits per heavy atom. The molecule has 0 radical (unpaired) electrons. The summed E-state index contributed by atoms with van der Waals surface area (Å²) >= 11 is 0. The monoisotopic (exact) mass is 327 g/mol. The van der Waals surface area contributed by atoms with Gasteiger partial charge in [0.1, 0.15) is 0 Å². The number of hydrogen-bond acceptors (Lipinski definition) is 5. The first-order chi connectivity index (χ1) is 11.6. The first-order valence-corrected chi connectivity index (χ1v) is 8.47. The number of hydrogen-bond donors (Lipinski definition) is 0. The van der Waals surface area contributed by atoms with Gasteiger partial charge < -0.3 is 9.64 Å². The molecule has 0 unspecified atom stereocenters. The molecule has 1 aromatic carbocycles. The highest BCUT2D eigenvalue weighted by Gasteiger charge is 2.31. The van der Waals surface area contributed by atoms with E-state index in [1.54, 1.807) is 0 Å². The van der Waals surface area contributed by atoms with Crippen LogP contribution in [0.5, 0.6) is 0 Å². The van der Waals surface area contributed by atoms with Gasteiger partial charge in [0.15, 0.2) is 5.78 Å². The summed E-state index contributed by atoms with van der Waals surface area (Å²) < 4.78 is 7.25. The van der Waals surface area contributed by atoms with Crippen LogP contribution in [-0.4, -0.2) is 41.6 Å². The van der Waals surface area contributed by atoms with E-state index >= 15 is 0 Å². The second kappa shape index (κ2) is 5.70. The summed E-state index contributed by atoms with van der Waals surface area (Å²) in [6.07, 6.45) is 2.02. The van der Waals surface area contributed by atoms with Gasteiger partial charge in [-0.25, -0.2) is 4.98 Å². The minimum absolute atomic E-state index is 0.0322. The van der Waals surface area contributed by atoms with E-state index in [1.807, 2.05) is 23.6 Å². The van der Waals surface area contributed by atoms with Gasteiger partial charge in [0.05, 0.1) is 24.1 Å². The number of ketones is 1. The number of aromatic nitrogens is 2. The fourth-order valence-electron chi connectivity index (χ4n) is 3.35. The van der Waals surface area contributed by atoms with Crippen LogP contribution in [0, 0.1) is 6.92 Å². The van der Waals surface area contributed by atoms with Gasteiger partial charge in [0, 0.05) is 24.7 Å². The molecular formula is C18H21N3O3. The topological polar surface area (TPSA) is 64.4 Å². The Labute approximate surface area is 140 Å². The van der Waals surface area contributed by atoms with Crippen molar-refractivity contribution in [3.63, 3.8) is 0 Å². The third kappa shape index (κ3) is 2.51. The summed E-state index contributed by atoms with van der Waals surface area (Å²) in [7, 11) is 0. The van der Waals surface area contributed by atoms with Gasteiger partial charge in [-0.3, -0.25) is 14.2 Å². The maximum Gasteiger partial charge on any atom is 0.263 e. The number of morpholine rings is 1. The first kappa shape index (κ1) is 15.3. The third-order valence-corrected chi connectivity index (χ3v) is 4.72. The number of carbonyl (C=O) groups excluding carboxylic acids is 1. The minimum atomic E-state index is -0.0623. The zero-order valence-electron chi connectivity index (χ0n) is 14.0. The first-order valence-electron chi connectivity index (χ1n) is 8.47. The molecule has 2 fully saturated rings. The standard InChI is InChI=1S/C18H21N3O3/c1-11-9-14(12(2)22)16-15(10-11)17(23)21(13-3-4-13)18(19-16)20-5-7-24-8-6-20/h9-10,13H,3-8H2,1-2H3. The van der Waals surface area contributed by atoms with Crippen molar-refractivity contribution in [2.75, 3.05) is 31.2 Å². The maximum atomic E-state index is 13.2. The number of carbonyl (C=O) groups is 1. The van der Waals surface area contributed by atoms with Gasteiger partial charge in [0.25, 0.3) is 5.56 Å². The predicted octanol–water partition coefficient (Wildman–Crippen LogP) is 2.08. The largest absolute Gasteiger partial charge is 0.378 e. The van der Waals surface area contributed by atoms with Crippen molar-refractivity contribution < 1.29 is 9.53 Å². The number of rotatable bonds is 3. The quantitative estimate of drug-likeness (QED) is 0.808. The number of fused-ring (bicyclic) bond motifs is 1. The highest BCUT2D eigenvalue weighted by Crippen LogP contribution is 2.37. The Morgan fingerprint density at radius 1 is 1.25 bits per heavy atom. The van der Waals surface area contributed by atoms with Crippen molar-refractivity contribution in [1.82, 2.24) is 9.55 Å². The molecule has 0 spiro atoms. The molecule has 126 valence electrons. The molecule has 4 rings (SSSR count). The molecule has 1 saturated carbocycles. The Hall–Kier alpha value is -2.21. The van der Waals surface area contributed by atoms with Crippen LogP contribution in [0.2, 0.25) is 0 Å². The predicted molar refractivity (Wildman–Crippen MR) is 92.0 cm³/mol. The molecule has 24 heavy (non-hydrogen) atoms. The highest BCUT2D eigenvalue weighted by atomic mass is 16.5. The summed E-state index contributed by atoms with van der Waals surface area (Å²) in [5.41, 5.74) is 1.93. The second-order valence-electron chi connectivity index (χ2n) is 6.68. The average molecular weight is 327 g/mol. The van der Waals surface area contributed by atoms with E-state index in [1.165, 1.54) is 6.92 Å². The minimum Gasteiger partial charge on any atom is -0.378 e. The number of ether oxygens (including phenoxy) is 1. The van der Waals surface area contributed by atoms with Crippen LogP contribution < -0.4 is 10.5 Å². The van der Waals surface area contributed by atoms with Gasteiger partial charge >= 0.3 is 0 Å². The molecule has 2 heterocycles. The Bertz CT molecular complexity index is 877. The van der Waals surface area contributed by atoms with E-state index in [4.69, 9.17) is 9.72 Å². The molecule has 2 aliphatic rings. The van der Waals surface area contributed by atoms with E-state index in [0.29, 0.717) is 48.7 Å². The van der Waals surface area contributed by atoms with Crippen LogP contribution >= 0.6 is 0 Å². The fourth-order valence-corrected chi connectivity index (χ4v) is 3.35. The molecule has 1 aromatic heterocycles. The molecular weight excluding hydrogens is 306 g/mol. The van der Waals surface area contributed by atoms with Crippen molar-refractivity contribution >= 4 is 22.6 Å². The number of benzene rings is 1. The lowest BCUT2D eigenvalue weighted by Gasteiger charge is -2.30. The maximum absolute atomic E-state index is 13.2. The molecule has 0 amide bonds. The van der Waals surface area contributed by atoms with Crippen molar-refractivity contribution in [2.24, 2.45) is 0 Å². The molecule has 2 aromatic rings. The average Bonchev–Trinajstić information content (AvgIpc) is 3.40. The van der Waals surface area contributed by atoms with E-state index < -0.39 is 0 Å². The Balaban J connectivity index is 2.01. The molecule has 6 nitrogen and oxygen atoms in total. The van der Waals surface area contributed by atoms with E-state index in [-0.39, 0.29) is 17.4 Å². The molecule has 1 aliphatic carbocycles. The van der Waals surface area contributed by atoms with Crippen molar-refractivity contribution in [1.29, 1.82) is 0 Å². The van der Waals surface area contributed by atoms with Crippen LogP contribution in [0.3, 0.4) is 0 Å². The van der Waals surface area contributed by atoms with Crippen LogP contribution in [-0.2, 0) is 4.74 Å². The van der Waals surface area contributed by atoms with E-state index in [0.717, 1.165) is 18.4 Å². The van der Waals surface area contributed by atoms with Crippen LogP contribution in [0.1, 0.15) is 41.7 Å². The summed E-state index contributed by atoms with van der Waals surface area (Å²) in [5, 5.41) is 0.545. The summed E-state index contributed by atoms with van der Waals surface area (Å²) in [4.78, 5) is 32.1. The van der Waals surface area contributed by atoms with Crippen LogP contribution in [0.4, 0.5) is 5.95 Å². The fraction of sp³-hybridized carbons (Fsp3) is 0.500. The Kier molecular flexibility index (Phi) is 3.64. The second-order valence-corrected chi connectivity index (χ2v) is 6.68. The summed E-state index contributed by atoms with van der Waals surface area (Å²) in [6.45, 7) is 6.12. The highest BCUT2D eigenvalue weighted by molar-refractivity contribution is 6.05. The van der Waals surface area contributed by atoms with E-state index in [2.05, 4.69) is 4.90 Å². The van der Waals surface area contributed by atoms with Gasteiger partial charge in [-0.05, 0) is 44.4 Å². The molecule has 0 N–H and O–H groups in total.